The van der Waals surface area contributed by atoms with E-state index < -0.39 is 5.91 Å². The number of aromatic nitrogens is 4. The molecule has 3 rings (SSSR count). The standard InChI is InChI=1S/C13H11N5OS/c1-18-11(6-10(17-18)13-15-4-5-20-13)8-2-3-9(12(14)19)16-7-8/h2-7H,1H3,(H2,14,19). The van der Waals surface area contributed by atoms with Crippen molar-refractivity contribution in [1.29, 1.82) is 0 Å². The summed E-state index contributed by atoms with van der Waals surface area (Å²) in [7, 11) is 1.86. The SMILES string of the molecule is Cn1nc(-c2nccs2)cc1-c1ccc(C(N)=O)nc1. The van der Waals surface area contributed by atoms with Crippen LogP contribution in [0.2, 0.25) is 0 Å². The average Bonchev–Trinajstić information content (AvgIpc) is 3.08. The molecule has 3 heterocycles. The molecule has 3 aromatic heterocycles. The first kappa shape index (κ1) is 12.5. The van der Waals surface area contributed by atoms with Gasteiger partial charge in [0.2, 0.25) is 0 Å². The van der Waals surface area contributed by atoms with E-state index in [2.05, 4.69) is 15.1 Å². The van der Waals surface area contributed by atoms with Crippen molar-refractivity contribution in [2.24, 2.45) is 12.8 Å². The minimum atomic E-state index is -0.537. The van der Waals surface area contributed by atoms with Gasteiger partial charge in [0.1, 0.15) is 16.4 Å². The minimum absolute atomic E-state index is 0.246. The van der Waals surface area contributed by atoms with Gasteiger partial charge in [0.05, 0.1) is 5.69 Å². The molecule has 0 radical (unpaired) electrons. The predicted octanol–water partition coefficient (Wildman–Crippen LogP) is 1.70. The first-order valence-electron chi connectivity index (χ1n) is 5.85. The maximum Gasteiger partial charge on any atom is 0.267 e. The van der Waals surface area contributed by atoms with E-state index in [1.54, 1.807) is 29.2 Å². The fourth-order valence-corrected chi connectivity index (χ4v) is 2.48. The molecular weight excluding hydrogens is 274 g/mol. The summed E-state index contributed by atoms with van der Waals surface area (Å²) < 4.78 is 1.76. The molecule has 0 saturated carbocycles. The van der Waals surface area contributed by atoms with Gasteiger partial charge in [0, 0.05) is 30.4 Å². The summed E-state index contributed by atoms with van der Waals surface area (Å²) in [5, 5.41) is 7.21. The fourth-order valence-electron chi connectivity index (χ4n) is 1.88. The Balaban J connectivity index is 2.00. The summed E-state index contributed by atoms with van der Waals surface area (Å²) in [6.45, 7) is 0. The number of hydrogen-bond acceptors (Lipinski definition) is 5. The summed E-state index contributed by atoms with van der Waals surface area (Å²) in [6, 6.07) is 5.35. The highest BCUT2D eigenvalue weighted by atomic mass is 32.1. The van der Waals surface area contributed by atoms with Gasteiger partial charge >= 0.3 is 0 Å². The molecule has 6 nitrogen and oxygen atoms in total. The molecule has 0 aliphatic carbocycles. The van der Waals surface area contributed by atoms with Crippen LogP contribution in [0, 0.1) is 0 Å². The van der Waals surface area contributed by atoms with Crippen molar-refractivity contribution in [3.8, 4) is 22.0 Å². The minimum Gasteiger partial charge on any atom is -0.364 e. The zero-order chi connectivity index (χ0) is 14.1. The number of carbonyl (C=O) groups excluding carboxylic acids is 1. The van der Waals surface area contributed by atoms with Crippen molar-refractivity contribution in [2.75, 3.05) is 0 Å². The smallest absolute Gasteiger partial charge is 0.267 e. The number of nitrogens with zero attached hydrogens (tertiary/aromatic N) is 4. The Hall–Kier alpha value is -2.54. The van der Waals surface area contributed by atoms with Gasteiger partial charge < -0.3 is 5.73 Å². The third kappa shape index (κ3) is 2.19. The molecule has 100 valence electrons. The van der Waals surface area contributed by atoms with Gasteiger partial charge in [0.15, 0.2) is 0 Å². The number of thiazole rings is 1. The highest BCUT2D eigenvalue weighted by Gasteiger charge is 2.11. The van der Waals surface area contributed by atoms with Crippen molar-refractivity contribution < 1.29 is 4.79 Å². The van der Waals surface area contributed by atoms with Crippen LogP contribution >= 0.6 is 11.3 Å². The van der Waals surface area contributed by atoms with Crippen LogP contribution in [0.15, 0.2) is 36.0 Å². The van der Waals surface area contributed by atoms with Crippen LogP contribution in [0.3, 0.4) is 0 Å². The molecule has 0 spiro atoms. The third-order valence-electron chi connectivity index (χ3n) is 2.84. The number of aryl methyl sites for hydroxylation is 1. The second-order valence-electron chi connectivity index (χ2n) is 4.17. The van der Waals surface area contributed by atoms with Crippen LogP contribution in [0.4, 0.5) is 0 Å². The molecular formula is C13H11N5OS. The molecule has 0 atom stereocenters. The van der Waals surface area contributed by atoms with E-state index in [0.717, 1.165) is 22.0 Å². The second kappa shape index (κ2) is 4.86. The van der Waals surface area contributed by atoms with Crippen molar-refractivity contribution in [3.63, 3.8) is 0 Å². The van der Waals surface area contributed by atoms with E-state index in [1.165, 1.54) is 11.3 Å². The molecule has 0 fully saturated rings. The molecule has 0 aliphatic heterocycles. The van der Waals surface area contributed by atoms with Gasteiger partial charge in [-0.3, -0.25) is 14.5 Å². The Morgan fingerprint density at radius 2 is 2.20 bits per heavy atom. The highest BCUT2D eigenvalue weighted by Crippen LogP contribution is 2.26. The fraction of sp³-hybridized carbons (Fsp3) is 0.0769. The van der Waals surface area contributed by atoms with Crippen LogP contribution in [0.25, 0.3) is 22.0 Å². The molecule has 0 saturated heterocycles. The van der Waals surface area contributed by atoms with Crippen molar-refractivity contribution >= 4 is 17.2 Å². The Labute approximate surface area is 118 Å². The van der Waals surface area contributed by atoms with E-state index >= 15 is 0 Å². The largest absolute Gasteiger partial charge is 0.364 e. The molecule has 20 heavy (non-hydrogen) atoms. The molecule has 3 aromatic rings. The van der Waals surface area contributed by atoms with E-state index in [4.69, 9.17) is 5.73 Å². The van der Waals surface area contributed by atoms with Crippen molar-refractivity contribution in [1.82, 2.24) is 19.7 Å². The van der Waals surface area contributed by atoms with Crippen LogP contribution in [0.5, 0.6) is 0 Å². The monoisotopic (exact) mass is 285 g/mol. The molecule has 0 unspecified atom stereocenters. The number of primary amides is 1. The number of hydrogen-bond donors (Lipinski definition) is 1. The number of carbonyl (C=O) groups is 1. The highest BCUT2D eigenvalue weighted by molar-refractivity contribution is 7.13. The van der Waals surface area contributed by atoms with Crippen LogP contribution in [-0.2, 0) is 7.05 Å². The molecule has 1 amide bonds. The summed E-state index contributed by atoms with van der Waals surface area (Å²) in [6.07, 6.45) is 3.36. The lowest BCUT2D eigenvalue weighted by Crippen LogP contribution is -2.12. The number of nitrogens with two attached hydrogens (primary N) is 1. The molecule has 7 heteroatoms. The van der Waals surface area contributed by atoms with Gasteiger partial charge in [-0.05, 0) is 18.2 Å². The first-order chi connectivity index (χ1) is 9.65. The van der Waals surface area contributed by atoms with Crippen molar-refractivity contribution in [3.05, 3.63) is 41.7 Å². The number of rotatable bonds is 3. The zero-order valence-electron chi connectivity index (χ0n) is 10.6. The Kier molecular flexibility index (Phi) is 3.03. The van der Waals surface area contributed by atoms with Crippen molar-refractivity contribution in [2.45, 2.75) is 0 Å². The summed E-state index contributed by atoms with van der Waals surface area (Å²) >= 11 is 1.54. The van der Waals surface area contributed by atoms with E-state index in [-0.39, 0.29) is 5.69 Å². The lowest BCUT2D eigenvalue weighted by Gasteiger charge is -2.01. The predicted molar refractivity (Wildman–Crippen MR) is 76.1 cm³/mol. The summed E-state index contributed by atoms with van der Waals surface area (Å²) in [4.78, 5) is 19.3. The Morgan fingerprint density at radius 3 is 2.80 bits per heavy atom. The molecule has 0 aliphatic rings. The van der Waals surface area contributed by atoms with E-state index in [9.17, 15) is 4.79 Å². The maximum atomic E-state index is 11.0. The molecule has 2 N–H and O–H groups in total. The lowest BCUT2D eigenvalue weighted by molar-refractivity contribution is 0.0995. The average molecular weight is 285 g/mol. The topological polar surface area (TPSA) is 86.7 Å². The summed E-state index contributed by atoms with van der Waals surface area (Å²) in [5.74, 6) is -0.537. The quantitative estimate of drug-likeness (QED) is 0.793. The normalized spacial score (nSPS) is 10.7. The Morgan fingerprint density at radius 1 is 1.35 bits per heavy atom. The van der Waals surface area contributed by atoms with Gasteiger partial charge in [0.25, 0.3) is 5.91 Å². The number of pyridine rings is 1. The van der Waals surface area contributed by atoms with E-state index in [0.29, 0.717) is 0 Å². The van der Waals surface area contributed by atoms with E-state index in [1.807, 2.05) is 18.5 Å². The Bertz CT molecular complexity index is 746. The zero-order valence-corrected chi connectivity index (χ0v) is 11.5. The molecule has 0 bridgehead atoms. The van der Waals surface area contributed by atoms with Crippen LogP contribution in [-0.4, -0.2) is 25.7 Å². The van der Waals surface area contributed by atoms with Gasteiger partial charge in [-0.15, -0.1) is 11.3 Å². The number of amides is 1. The maximum absolute atomic E-state index is 11.0. The van der Waals surface area contributed by atoms with Crippen LogP contribution in [0.1, 0.15) is 10.5 Å². The third-order valence-corrected chi connectivity index (χ3v) is 3.64. The van der Waals surface area contributed by atoms with Crippen LogP contribution < -0.4 is 5.73 Å². The van der Waals surface area contributed by atoms with Gasteiger partial charge in [-0.25, -0.2) is 4.98 Å². The summed E-state index contributed by atoms with van der Waals surface area (Å²) in [5.41, 5.74) is 8.01. The second-order valence-corrected chi connectivity index (χ2v) is 5.07. The van der Waals surface area contributed by atoms with Gasteiger partial charge in [-0.2, -0.15) is 5.10 Å². The molecule has 0 aromatic carbocycles. The lowest BCUT2D eigenvalue weighted by atomic mass is 10.2. The first-order valence-corrected chi connectivity index (χ1v) is 6.73. The van der Waals surface area contributed by atoms with Gasteiger partial charge in [-0.1, -0.05) is 0 Å².